The van der Waals surface area contributed by atoms with Crippen molar-refractivity contribution >= 4 is 48.3 Å². The molecule has 49 heavy (non-hydrogen) atoms. The van der Waals surface area contributed by atoms with Gasteiger partial charge in [0.1, 0.15) is 16.5 Å². The second-order valence-electron chi connectivity index (χ2n) is 13.9. The molecular formula is C35H48F3N7O2S2. The van der Waals surface area contributed by atoms with Crippen molar-refractivity contribution in [1.82, 2.24) is 28.6 Å². The summed E-state index contributed by atoms with van der Waals surface area (Å²) < 4.78 is 67.6. The molecule has 0 aliphatic carbocycles. The third-order valence-corrected chi connectivity index (χ3v) is 12.9. The predicted octanol–water partition coefficient (Wildman–Crippen LogP) is 6.28. The van der Waals surface area contributed by atoms with E-state index in [1.54, 1.807) is 11.2 Å². The molecule has 0 unspecified atom stereocenters. The van der Waals surface area contributed by atoms with Crippen molar-refractivity contribution in [3.63, 3.8) is 0 Å². The first-order valence-corrected chi connectivity index (χ1v) is 19.9. The van der Waals surface area contributed by atoms with Crippen LogP contribution in [-0.4, -0.2) is 101 Å². The van der Waals surface area contributed by atoms with Crippen molar-refractivity contribution < 1.29 is 21.6 Å². The van der Waals surface area contributed by atoms with Crippen molar-refractivity contribution in [3.05, 3.63) is 51.3 Å². The summed E-state index contributed by atoms with van der Waals surface area (Å²) >= 11 is 1.13. The normalized spacial score (nSPS) is 18.6. The lowest BCUT2D eigenvalue weighted by Crippen LogP contribution is -2.51. The number of hydrogen-bond donors (Lipinski definition) is 1. The molecule has 3 aromatic heterocycles. The van der Waals surface area contributed by atoms with Crippen molar-refractivity contribution in [2.45, 2.75) is 91.7 Å². The molecule has 0 saturated carbocycles. The van der Waals surface area contributed by atoms with Gasteiger partial charge >= 0.3 is 6.18 Å². The van der Waals surface area contributed by atoms with Crippen molar-refractivity contribution in [3.8, 4) is 0 Å². The maximum absolute atomic E-state index is 13.3. The Morgan fingerprint density at radius 3 is 2.35 bits per heavy atom. The van der Waals surface area contributed by atoms with Gasteiger partial charge in [-0.25, -0.2) is 18.4 Å². The average Bonchev–Trinajstić information content (AvgIpc) is 3.53. The molecule has 2 aliphatic rings. The van der Waals surface area contributed by atoms with Crippen molar-refractivity contribution in [1.29, 1.82) is 0 Å². The van der Waals surface area contributed by atoms with Crippen LogP contribution in [0.3, 0.4) is 0 Å². The molecule has 2 fully saturated rings. The van der Waals surface area contributed by atoms with Gasteiger partial charge in [0.05, 0.1) is 18.1 Å². The number of nitrogens with one attached hydrogen (secondary N) is 1. The van der Waals surface area contributed by atoms with Crippen LogP contribution in [0.2, 0.25) is 0 Å². The lowest BCUT2D eigenvalue weighted by Gasteiger charge is -2.37. The van der Waals surface area contributed by atoms with Crippen molar-refractivity contribution in [2.24, 2.45) is 0 Å². The monoisotopic (exact) mass is 719 g/mol. The fraction of sp³-hybridized carbons (Fsp3) is 0.600. The van der Waals surface area contributed by atoms with Gasteiger partial charge in [-0.3, -0.25) is 9.80 Å². The largest absolute Gasteiger partial charge is 0.393 e. The number of rotatable bonds is 10. The lowest BCUT2D eigenvalue weighted by molar-refractivity contribution is -0.126. The van der Waals surface area contributed by atoms with E-state index in [1.165, 1.54) is 34.0 Å². The van der Waals surface area contributed by atoms with Crippen LogP contribution in [0.1, 0.15) is 59.8 Å². The molecule has 14 heteroatoms. The van der Waals surface area contributed by atoms with Crippen LogP contribution in [0, 0.1) is 20.8 Å². The quantitative estimate of drug-likeness (QED) is 0.207. The first-order valence-electron chi connectivity index (χ1n) is 17.2. The number of likely N-dealkylation sites (tertiary alicyclic amines) is 1. The van der Waals surface area contributed by atoms with E-state index in [1.807, 2.05) is 6.92 Å². The first-order chi connectivity index (χ1) is 23.1. The number of sulfonamides is 1. The molecule has 2 aliphatic heterocycles. The molecule has 0 radical (unpaired) electrons. The minimum absolute atomic E-state index is 0.182. The maximum Gasteiger partial charge on any atom is 0.393 e. The molecule has 9 nitrogen and oxygen atoms in total. The van der Waals surface area contributed by atoms with E-state index in [2.05, 4.69) is 63.6 Å². The Hall–Kier alpha value is -2.78. The summed E-state index contributed by atoms with van der Waals surface area (Å²) in [4.78, 5) is 15.1. The van der Waals surface area contributed by atoms with Gasteiger partial charge < -0.3 is 9.88 Å². The molecule has 268 valence electrons. The highest BCUT2D eigenvalue weighted by Crippen LogP contribution is 2.38. The number of benzene rings is 1. The molecule has 4 aromatic rings. The SMILES string of the molecule is CCc1nc(NC2CCN(Cc3ccc4c(cc(C)n4C[C@H](C)N4CCN(S(C)(=O)=O)CC4)c3C)CC2)c2c(C)c(CC(F)(F)F)sc2n1. The Labute approximate surface area is 291 Å². The van der Waals surface area contributed by atoms with Gasteiger partial charge in [0.15, 0.2) is 0 Å². The topological polar surface area (TPSA) is 86.6 Å². The standard InChI is InChI=1S/C35H48F3N7O2S2/c1-7-31-40-33(32-25(5)30(19-35(36,37)38)48-34(32)41-31)39-27-10-12-42(13-11-27)21-26-8-9-29-28(24(26)4)18-22(2)45(29)20-23(3)43-14-16-44(17-15-43)49(6,46)47/h8-9,18,23,27H,7,10-17,19-21H2,1-6H3,(H,39,40,41)/t23-/m0/s1. The van der Waals surface area contributed by atoms with E-state index in [9.17, 15) is 21.6 Å². The number of anilines is 1. The number of alkyl halides is 3. The molecule has 0 bridgehead atoms. The number of piperidine rings is 1. The minimum atomic E-state index is -4.27. The summed E-state index contributed by atoms with van der Waals surface area (Å²) in [5, 5.41) is 5.60. The van der Waals surface area contributed by atoms with Gasteiger partial charge in [-0.1, -0.05) is 13.0 Å². The molecule has 1 N–H and O–H groups in total. The highest BCUT2D eigenvalue weighted by Gasteiger charge is 2.32. The Bertz CT molecular complexity index is 1920. The number of thiophene rings is 1. The molecule has 1 atom stereocenters. The average molecular weight is 720 g/mol. The molecule has 0 spiro atoms. The lowest BCUT2D eigenvalue weighted by atomic mass is 10.0. The molecule has 5 heterocycles. The Balaban J connectivity index is 1.09. The van der Waals surface area contributed by atoms with E-state index >= 15 is 0 Å². The van der Waals surface area contributed by atoms with E-state index < -0.39 is 22.6 Å². The number of aromatic nitrogens is 3. The number of nitrogens with zero attached hydrogens (tertiary/aromatic N) is 6. The van der Waals surface area contributed by atoms with Gasteiger partial charge in [0.25, 0.3) is 0 Å². The smallest absolute Gasteiger partial charge is 0.367 e. The van der Waals surface area contributed by atoms with E-state index in [-0.39, 0.29) is 12.1 Å². The van der Waals surface area contributed by atoms with Gasteiger partial charge in [-0.15, -0.1) is 11.3 Å². The number of hydrogen-bond acceptors (Lipinski definition) is 8. The molecule has 6 rings (SSSR count). The summed E-state index contributed by atoms with van der Waals surface area (Å²) in [6, 6.07) is 7.26. The third kappa shape index (κ3) is 7.93. The second-order valence-corrected chi connectivity index (χ2v) is 17.0. The van der Waals surface area contributed by atoms with Crippen LogP contribution in [-0.2, 0) is 36.0 Å². The van der Waals surface area contributed by atoms with Gasteiger partial charge in [-0.05, 0) is 69.4 Å². The van der Waals surface area contributed by atoms with E-state index in [0.29, 0.717) is 46.4 Å². The zero-order valence-electron chi connectivity index (χ0n) is 29.3. The van der Waals surface area contributed by atoms with Crippen LogP contribution in [0.4, 0.5) is 19.0 Å². The maximum atomic E-state index is 13.3. The van der Waals surface area contributed by atoms with E-state index in [4.69, 9.17) is 4.98 Å². The van der Waals surface area contributed by atoms with Crippen LogP contribution in [0.15, 0.2) is 18.2 Å². The minimum Gasteiger partial charge on any atom is -0.367 e. The molecule has 2 saturated heterocycles. The van der Waals surface area contributed by atoms with Crippen LogP contribution in [0.25, 0.3) is 21.1 Å². The third-order valence-electron chi connectivity index (χ3n) is 10.4. The summed E-state index contributed by atoms with van der Waals surface area (Å²) in [5.74, 6) is 1.30. The van der Waals surface area contributed by atoms with Gasteiger partial charge in [-0.2, -0.15) is 17.5 Å². The fourth-order valence-corrected chi connectivity index (χ4v) is 9.49. The molecular weight excluding hydrogens is 672 g/mol. The summed E-state index contributed by atoms with van der Waals surface area (Å²) in [6.45, 7) is 16.4. The zero-order valence-corrected chi connectivity index (χ0v) is 31.0. The van der Waals surface area contributed by atoms with Crippen LogP contribution >= 0.6 is 11.3 Å². The molecule has 1 aromatic carbocycles. The van der Waals surface area contributed by atoms with Gasteiger partial charge in [0.2, 0.25) is 10.0 Å². The summed E-state index contributed by atoms with van der Waals surface area (Å²) in [6.07, 6.45) is -1.48. The van der Waals surface area contributed by atoms with Crippen molar-refractivity contribution in [2.75, 3.05) is 50.8 Å². The van der Waals surface area contributed by atoms with E-state index in [0.717, 1.165) is 68.8 Å². The number of halogens is 3. The summed E-state index contributed by atoms with van der Waals surface area (Å²) in [5.41, 5.74) is 5.69. The van der Waals surface area contributed by atoms with Crippen LogP contribution in [0.5, 0.6) is 0 Å². The highest BCUT2D eigenvalue weighted by atomic mass is 32.2. The van der Waals surface area contributed by atoms with Gasteiger partial charge in [0, 0.05) is 92.3 Å². The fourth-order valence-electron chi connectivity index (χ4n) is 7.43. The number of aryl methyl sites for hydroxylation is 4. The Morgan fingerprint density at radius 1 is 1.02 bits per heavy atom. The molecule has 0 amide bonds. The predicted molar refractivity (Wildman–Crippen MR) is 192 cm³/mol. The van der Waals surface area contributed by atoms with Crippen LogP contribution < -0.4 is 5.32 Å². The first kappa shape index (κ1) is 36.0. The number of fused-ring (bicyclic) bond motifs is 2. The Kier molecular flexibility index (Phi) is 10.4. The summed E-state index contributed by atoms with van der Waals surface area (Å²) in [7, 11) is -3.15. The Morgan fingerprint density at radius 2 is 1.71 bits per heavy atom. The number of piperazine rings is 1. The highest BCUT2D eigenvalue weighted by molar-refractivity contribution is 7.88. The second kappa shape index (κ2) is 14.1. The zero-order chi connectivity index (χ0) is 35.2.